The van der Waals surface area contributed by atoms with Crippen molar-refractivity contribution >= 4 is 59.7 Å². The topological polar surface area (TPSA) is 300 Å². The van der Waals surface area contributed by atoms with Crippen molar-refractivity contribution in [1.82, 2.24) is 0 Å². The molecule has 0 radical (unpaired) electrons. The molecule has 4 bridgehead atoms. The summed E-state index contributed by atoms with van der Waals surface area (Å²) in [7, 11) is 0. The highest BCUT2D eigenvalue weighted by Crippen LogP contribution is 2.56. The molecule has 24 nitrogen and oxygen atoms in total. The molecule has 86 heavy (non-hydrogen) atoms. The van der Waals surface area contributed by atoms with E-state index in [-0.39, 0.29) is 97.2 Å². The third kappa shape index (κ3) is 14.5. The zero-order valence-corrected chi connectivity index (χ0v) is 53.1. The van der Waals surface area contributed by atoms with E-state index in [9.17, 15) is 47.9 Å². The Bertz CT molecular complexity index is 2510. The van der Waals surface area contributed by atoms with Crippen molar-refractivity contribution in [2.24, 2.45) is 50.7 Å². The van der Waals surface area contributed by atoms with E-state index < -0.39 is 99.8 Å². The molecule has 11 fully saturated rings. The van der Waals surface area contributed by atoms with Crippen LogP contribution in [0.25, 0.3) is 0 Å². The van der Waals surface area contributed by atoms with Crippen molar-refractivity contribution in [3.63, 3.8) is 0 Å². The molecule has 11 rings (SSSR count). The summed E-state index contributed by atoms with van der Waals surface area (Å²) in [6.45, 7) is 32.0. The van der Waals surface area contributed by atoms with Gasteiger partial charge in [-0.1, -0.05) is 34.6 Å². The minimum atomic E-state index is -1.07. The van der Waals surface area contributed by atoms with Gasteiger partial charge in [0.2, 0.25) is 12.2 Å². The highest BCUT2D eigenvalue weighted by atomic mass is 16.9. The van der Waals surface area contributed by atoms with E-state index in [4.69, 9.17) is 66.3 Å². The fourth-order valence-corrected chi connectivity index (χ4v) is 11.1. The van der Waals surface area contributed by atoms with Crippen molar-refractivity contribution in [3.05, 3.63) is 0 Å². The molecule has 0 N–H and O–H groups in total. The predicted octanol–water partition coefficient (Wildman–Crippen LogP) is 6.66. The molecule has 9 saturated heterocycles. The standard InChI is InChI=1S/C15H22O7.C14H20O4.C13H18O5.2C10H16O4/c1-6-14(2,3)13(17)20-9-7-8(18-11(9)16)10-12(19-7)22-15(4,5)21-10;1-4-14(2,3)13(16)18-10-7-5-8-9(6-7)12(15)17-11(8)10;1-4-13(2,3)12(15)18-9-7-5-6-8(16-7)10(9)17-11(6)14;1-4-10(2,3)9(12)14-7-5-8(11)13-6-7;1-4-10(2,3)9(12)14-7-5-6-13-8(7)11/h7-10,12H,6H2,1-5H3;7-11H,4-6H2,1-3H3;6-10H,4-5H2,1-3H3;2*7H,4-6H2,1-3H3. The van der Waals surface area contributed by atoms with E-state index in [0.717, 1.165) is 19.3 Å². The largest absolute Gasteiger partial charge is 0.463 e. The van der Waals surface area contributed by atoms with Crippen molar-refractivity contribution < 1.29 is 114 Å². The molecule has 0 aromatic rings. The van der Waals surface area contributed by atoms with Gasteiger partial charge in [-0.15, -0.1) is 0 Å². The number of carbonyl (C=O) groups excluding carboxylic acids is 10. The Kier molecular flexibility index (Phi) is 20.5. The highest BCUT2D eigenvalue weighted by Gasteiger charge is 2.67. The van der Waals surface area contributed by atoms with Crippen LogP contribution in [0.1, 0.15) is 182 Å². The Morgan fingerprint density at radius 3 is 1.51 bits per heavy atom. The van der Waals surface area contributed by atoms with Crippen molar-refractivity contribution in [3.8, 4) is 0 Å². The van der Waals surface area contributed by atoms with E-state index >= 15 is 0 Å². The number of carbonyl (C=O) groups is 10. The summed E-state index contributed by atoms with van der Waals surface area (Å²) >= 11 is 0. The monoisotopic (exact) mass is 1220 g/mol. The molecule has 17 atom stereocenters. The Morgan fingerprint density at radius 1 is 0.488 bits per heavy atom. The summed E-state index contributed by atoms with van der Waals surface area (Å²) in [5.41, 5.74) is -2.63. The van der Waals surface area contributed by atoms with Crippen LogP contribution in [-0.4, -0.2) is 158 Å². The average molecular weight is 1220 g/mol. The number of hydrogen-bond acceptors (Lipinski definition) is 24. The van der Waals surface area contributed by atoms with E-state index in [0.29, 0.717) is 57.0 Å². The number of fused-ring (bicyclic) bond motifs is 5. The second kappa shape index (κ2) is 25.9. The second-order valence-electron chi connectivity index (χ2n) is 27.8. The van der Waals surface area contributed by atoms with Gasteiger partial charge in [-0.05, 0) is 134 Å². The van der Waals surface area contributed by atoms with Gasteiger partial charge in [-0.2, -0.15) is 0 Å². The molecule has 9 aliphatic heterocycles. The van der Waals surface area contributed by atoms with Gasteiger partial charge in [0.25, 0.3) is 0 Å². The van der Waals surface area contributed by atoms with Crippen LogP contribution in [0.4, 0.5) is 0 Å². The summed E-state index contributed by atoms with van der Waals surface area (Å²) in [6.07, 6.45) is 0.466. The van der Waals surface area contributed by atoms with Crippen LogP contribution in [-0.2, 0) is 114 Å². The van der Waals surface area contributed by atoms with Crippen LogP contribution >= 0.6 is 0 Å². The third-order valence-corrected chi connectivity index (χ3v) is 19.1. The summed E-state index contributed by atoms with van der Waals surface area (Å²) in [4.78, 5) is 116. The third-order valence-electron chi connectivity index (χ3n) is 19.1. The highest BCUT2D eigenvalue weighted by molar-refractivity contribution is 5.85. The number of esters is 10. The molecule has 0 aromatic carbocycles. The first-order valence-corrected chi connectivity index (χ1v) is 30.6. The second-order valence-corrected chi connectivity index (χ2v) is 27.8. The van der Waals surface area contributed by atoms with Gasteiger partial charge in [0.15, 0.2) is 36.5 Å². The fourth-order valence-electron chi connectivity index (χ4n) is 11.1. The van der Waals surface area contributed by atoms with Crippen molar-refractivity contribution in [2.45, 2.75) is 267 Å². The smallest absolute Gasteiger partial charge is 0.350 e. The SMILES string of the molecule is CCC(C)(C)C(=O)OC1C(=O)OC2C3OC(C)(C)OC3OC12.CCC(C)(C)C(=O)OC1C2CC3C(=O)OC1C3C2.CCC(C)(C)C(=O)OC1C2CC3C(=O)OC1C3O2.CCC(C)(C)C(=O)OC1CCOC1=O.CCC(C)(C)C(=O)OC1COC(=O)C1. The molecule has 0 spiro atoms. The summed E-state index contributed by atoms with van der Waals surface area (Å²) in [5, 5.41) is 0. The minimum Gasteiger partial charge on any atom is -0.463 e. The zero-order chi connectivity index (χ0) is 64.0. The van der Waals surface area contributed by atoms with Gasteiger partial charge >= 0.3 is 59.7 Å². The lowest BCUT2D eigenvalue weighted by molar-refractivity contribution is -0.217. The van der Waals surface area contributed by atoms with Gasteiger partial charge in [-0.25, -0.2) is 9.59 Å². The van der Waals surface area contributed by atoms with Crippen LogP contribution in [0.3, 0.4) is 0 Å². The normalized spacial score (nSPS) is 34.4. The van der Waals surface area contributed by atoms with Gasteiger partial charge in [0, 0.05) is 18.3 Å². The minimum absolute atomic E-state index is 0.0779. The summed E-state index contributed by atoms with van der Waals surface area (Å²) in [5.74, 6) is -3.28. The number of hydrogen-bond donors (Lipinski definition) is 0. The number of ether oxygens (including phenoxy) is 14. The van der Waals surface area contributed by atoms with E-state index in [1.165, 1.54) is 0 Å². The van der Waals surface area contributed by atoms with E-state index in [2.05, 4.69) is 0 Å². The summed E-state index contributed by atoms with van der Waals surface area (Å²) in [6, 6.07) is 0. The first-order valence-electron chi connectivity index (χ1n) is 30.6. The molecule has 0 amide bonds. The van der Waals surface area contributed by atoms with Crippen LogP contribution in [0, 0.1) is 50.7 Å². The van der Waals surface area contributed by atoms with Crippen LogP contribution < -0.4 is 0 Å². The Morgan fingerprint density at radius 2 is 0.988 bits per heavy atom. The number of cyclic esters (lactones) is 2. The van der Waals surface area contributed by atoms with Crippen LogP contribution in [0.5, 0.6) is 0 Å². The average Bonchev–Trinajstić information content (AvgIpc) is 1.67. The molecule has 2 aliphatic carbocycles. The maximum Gasteiger partial charge on any atom is 0.350 e. The Hall–Kier alpha value is -5.46. The quantitative estimate of drug-likeness (QED) is 0.122. The first-order chi connectivity index (χ1) is 39.9. The molecule has 484 valence electrons. The Balaban J connectivity index is 0.000000155. The number of rotatable bonds is 15. The zero-order valence-electron chi connectivity index (χ0n) is 53.1. The van der Waals surface area contributed by atoms with Crippen molar-refractivity contribution in [2.75, 3.05) is 13.2 Å². The maximum absolute atomic E-state index is 12.2. The Labute approximate surface area is 503 Å². The maximum atomic E-state index is 12.2. The molecule has 17 unspecified atom stereocenters. The molecule has 0 aromatic heterocycles. The van der Waals surface area contributed by atoms with Crippen LogP contribution in [0.15, 0.2) is 0 Å². The summed E-state index contributed by atoms with van der Waals surface area (Å²) < 4.78 is 74.8. The predicted molar refractivity (Wildman–Crippen MR) is 296 cm³/mol. The lowest BCUT2D eigenvalue weighted by atomic mass is 9.87. The molecule has 9 heterocycles. The molecule has 2 saturated carbocycles. The lowest BCUT2D eigenvalue weighted by Gasteiger charge is -2.29. The van der Waals surface area contributed by atoms with Gasteiger partial charge < -0.3 is 66.3 Å². The first kappa shape index (κ1) is 68.0. The molecule has 24 heteroatoms. The fraction of sp³-hybridized carbons (Fsp3) is 0.839. The van der Waals surface area contributed by atoms with Gasteiger partial charge in [0.05, 0.1) is 58.0 Å². The van der Waals surface area contributed by atoms with Gasteiger partial charge in [0.1, 0.15) is 37.1 Å². The molecular weight excluding hydrogens is 1130 g/mol. The van der Waals surface area contributed by atoms with E-state index in [1.807, 2.05) is 76.2 Å². The van der Waals surface area contributed by atoms with Crippen LogP contribution in [0.2, 0.25) is 0 Å². The molecule has 11 aliphatic rings. The van der Waals surface area contributed by atoms with E-state index in [1.54, 1.807) is 41.5 Å². The molecular formula is C62H92O24. The van der Waals surface area contributed by atoms with Crippen molar-refractivity contribution in [1.29, 1.82) is 0 Å². The van der Waals surface area contributed by atoms with Gasteiger partial charge in [-0.3, -0.25) is 38.4 Å². The lowest BCUT2D eigenvalue weighted by Crippen LogP contribution is -2.42.